The first-order chi connectivity index (χ1) is 13.9. The van der Waals surface area contributed by atoms with Crippen LogP contribution >= 0.6 is 0 Å². The number of aromatic amines is 1. The SMILES string of the molecule is Cc1nc2c(CCC(=O)NC3CCN(c4cc(=O)n(C)c(=O)[nH]4)C3)cccc2o1. The van der Waals surface area contributed by atoms with E-state index in [4.69, 9.17) is 4.42 Å². The number of aromatic nitrogens is 3. The predicted octanol–water partition coefficient (Wildman–Crippen LogP) is 0.851. The number of hydrogen-bond acceptors (Lipinski definition) is 6. The number of nitrogens with one attached hydrogen (secondary N) is 2. The van der Waals surface area contributed by atoms with E-state index in [1.807, 2.05) is 23.1 Å². The number of benzene rings is 1. The van der Waals surface area contributed by atoms with Gasteiger partial charge in [0.25, 0.3) is 5.56 Å². The van der Waals surface area contributed by atoms with Crippen molar-refractivity contribution in [2.45, 2.75) is 32.2 Å². The Hall–Kier alpha value is -3.36. The van der Waals surface area contributed by atoms with Crippen molar-refractivity contribution in [3.63, 3.8) is 0 Å². The molecule has 0 radical (unpaired) electrons. The Morgan fingerprint density at radius 2 is 2.21 bits per heavy atom. The number of nitrogens with zero attached hydrogens (tertiary/aromatic N) is 3. The highest BCUT2D eigenvalue weighted by molar-refractivity contribution is 5.79. The van der Waals surface area contributed by atoms with Gasteiger partial charge in [0.1, 0.15) is 11.3 Å². The van der Waals surface area contributed by atoms with Gasteiger partial charge in [0.2, 0.25) is 5.91 Å². The monoisotopic (exact) mass is 397 g/mol. The first-order valence-electron chi connectivity index (χ1n) is 9.60. The Morgan fingerprint density at radius 3 is 3.00 bits per heavy atom. The van der Waals surface area contributed by atoms with Crippen LogP contribution in [0.4, 0.5) is 5.82 Å². The molecule has 0 spiro atoms. The van der Waals surface area contributed by atoms with Crippen LogP contribution in [0.2, 0.25) is 0 Å². The lowest BCUT2D eigenvalue weighted by molar-refractivity contribution is -0.121. The van der Waals surface area contributed by atoms with E-state index in [0.29, 0.717) is 37.6 Å². The zero-order chi connectivity index (χ0) is 20.5. The lowest BCUT2D eigenvalue weighted by atomic mass is 10.1. The average Bonchev–Trinajstić information content (AvgIpc) is 3.29. The van der Waals surface area contributed by atoms with Crippen molar-refractivity contribution in [1.82, 2.24) is 19.9 Å². The van der Waals surface area contributed by atoms with Crippen molar-refractivity contribution in [1.29, 1.82) is 0 Å². The first-order valence-corrected chi connectivity index (χ1v) is 9.60. The molecular formula is C20H23N5O4. The standard InChI is InChI=1S/C20H23N5O4/c1-12-21-19-13(4-3-5-15(19)29-12)6-7-17(26)22-14-8-9-25(11-14)16-10-18(27)24(2)20(28)23-16/h3-5,10,14H,6-9,11H2,1-2H3,(H,22,26)(H,23,28). The van der Waals surface area contributed by atoms with Gasteiger partial charge in [-0.15, -0.1) is 0 Å². The zero-order valence-corrected chi connectivity index (χ0v) is 16.4. The second kappa shape index (κ2) is 7.57. The number of oxazole rings is 1. The van der Waals surface area contributed by atoms with E-state index in [0.717, 1.165) is 27.7 Å². The van der Waals surface area contributed by atoms with E-state index in [1.165, 1.54) is 13.1 Å². The van der Waals surface area contributed by atoms with E-state index in [9.17, 15) is 14.4 Å². The molecule has 1 amide bonds. The summed E-state index contributed by atoms with van der Waals surface area (Å²) in [7, 11) is 1.43. The quantitative estimate of drug-likeness (QED) is 0.660. The van der Waals surface area contributed by atoms with Gasteiger partial charge in [0, 0.05) is 45.6 Å². The maximum atomic E-state index is 12.4. The number of aryl methyl sites for hydroxylation is 2. The molecule has 1 aromatic carbocycles. The van der Waals surface area contributed by atoms with Crippen molar-refractivity contribution in [3.05, 3.63) is 56.6 Å². The minimum Gasteiger partial charge on any atom is -0.441 e. The highest BCUT2D eigenvalue weighted by Gasteiger charge is 2.25. The van der Waals surface area contributed by atoms with Crippen LogP contribution in [0.15, 0.2) is 38.3 Å². The Kier molecular flexibility index (Phi) is 4.96. The molecule has 9 heteroatoms. The number of anilines is 1. The van der Waals surface area contributed by atoms with Gasteiger partial charge in [-0.05, 0) is 24.5 Å². The van der Waals surface area contributed by atoms with Crippen LogP contribution in [0.5, 0.6) is 0 Å². The van der Waals surface area contributed by atoms with Crippen molar-refractivity contribution >= 4 is 22.8 Å². The van der Waals surface area contributed by atoms with Crippen molar-refractivity contribution in [2.75, 3.05) is 18.0 Å². The molecule has 1 aliphatic heterocycles. The summed E-state index contributed by atoms with van der Waals surface area (Å²) in [5.74, 6) is 1.06. The summed E-state index contributed by atoms with van der Waals surface area (Å²) in [6.45, 7) is 3.01. The van der Waals surface area contributed by atoms with Gasteiger partial charge in [-0.1, -0.05) is 12.1 Å². The number of H-pyrrole nitrogens is 1. The molecule has 1 unspecified atom stereocenters. The molecule has 29 heavy (non-hydrogen) atoms. The molecule has 1 saturated heterocycles. The Labute approximate surface area is 166 Å². The molecular weight excluding hydrogens is 374 g/mol. The summed E-state index contributed by atoms with van der Waals surface area (Å²) in [6.07, 6.45) is 1.68. The smallest absolute Gasteiger partial charge is 0.329 e. The topological polar surface area (TPSA) is 113 Å². The van der Waals surface area contributed by atoms with Gasteiger partial charge in [0.15, 0.2) is 11.5 Å². The van der Waals surface area contributed by atoms with Gasteiger partial charge in [-0.25, -0.2) is 9.78 Å². The summed E-state index contributed by atoms with van der Waals surface area (Å²) in [5, 5.41) is 3.04. The summed E-state index contributed by atoms with van der Waals surface area (Å²) >= 11 is 0. The molecule has 1 fully saturated rings. The highest BCUT2D eigenvalue weighted by atomic mass is 16.3. The number of fused-ring (bicyclic) bond motifs is 1. The van der Waals surface area contributed by atoms with E-state index in [1.54, 1.807) is 6.92 Å². The Balaban J connectivity index is 1.35. The third-order valence-corrected chi connectivity index (χ3v) is 5.26. The summed E-state index contributed by atoms with van der Waals surface area (Å²) in [6, 6.07) is 7.11. The lowest BCUT2D eigenvalue weighted by Crippen LogP contribution is -2.39. The van der Waals surface area contributed by atoms with E-state index in [-0.39, 0.29) is 17.5 Å². The fraction of sp³-hybridized carbons (Fsp3) is 0.400. The van der Waals surface area contributed by atoms with E-state index in [2.05, 4.69) is 15.3 Å². The fourth-order valence-corrected chi connectivity index (χ4v) is 3.68. The normalized spacial score (nSPS) is 16.5. The third kappa shape index (κ3) is 3.94. The lowest BCUT2D eigenvalue weighted by Gasteiger charge is -2.18. The Morgan fingerprint density at radius 1 is 1.38 bits per heavy atom. The molecule has 1 aliphatic rings. The van der Waals surface area contributed by atoms with E-state index < -0.39 is 5.69 Å². The second-order valence-corrected chi connectivity index (χ2v) is 7.35. The molecule has 2 aromatic heterocycles. The molecule has 3 heterocycles. The van der Waals surface area contributed by atoms with Crippen molar-refractivity contribution in [3.8, 4) is 0 Å². The van der Waals surface area contributed by atoms with Crippen LogP contribution < -0.4 is 21.5 Å². The third-order valence-electron chi connectivity index (χ3n) is 5.26. The van der Waals surface area contributed by atoms with Crippen molar-refractivity contribution < 1.29 is 9.21 Å². The number of carbonyl (C=O) groups excluding carboxylic acids is 1. The predicted molar refractivity (Wildman–Crippen MR) is 108 cm³/mol. The maximum absolute atomic E-state index is 12.4. The molecule has 2 N–H and O–H groups in total. The second-order valence-electron chi connectivity index (χ2n) is 7.35. The van der Waals surface area contributed by atoms with Gasteiger partial charge >= 0.3 is 5.69 Å². The minimum atomic E-state index is -0.447. The Bertz CT molecular complexity index is 1140. The summed E-state index contributed by atoms with van der Waals surface area (Å²) in [4.78, 5) is 45.1. The number of amides is 1. The maximum Gasteiger partial charge on any atom is 0.329 e. The number of hydrogen-bond donors (Lipinski definition) is 2. The number of para-hydroxylation sites is 1. The van der Waals surface area contributed by atoms with Crippen LogP contribution in [0.25, 0.3) is 11.1 Å². The number of carbonyl (C=O) groups is 1. The average molecular weight is 397 g/mol. The van der Waals surface area contributed by atoms with Gasteiger partial charge < -0.3 is 14.6 Å². The van der Waals surface area contributed by atoms with Crippen LogP contribution in [-0.4, -0.2) is 39.6 Å². The van der Waals surface area contributed by atoms with Crippen LogP contribution in [0.3, 0.4) is 0 Å². The number of rotatable bonds is 5. The molecule has 0 bridgehead atoms. The molecule has 1 atom stereocenters. The molecule has 9 nitrogen and oxygen atoms in total. The van der Waals surface area contributed by atoms with Gasteiger partial charge in [-0.2, -0.15) is 0 Å². The molecule has 0 saturated carbocycles. The molecule has 3 aromatic rings. The molecule has 152 valence electrons. The van der Waals surface area contributed by atoms with Crippen molar-refractivity contribution in [2.24, 2.45) is 7.05 Å². The summed E-state index contributed by atoms with van der Waals surface area (Å²) in [5.41, 5.74) is 1.72. The van der Waals surface area contributed by atoms with Crippen LogP contribution in [0, 0.1) is 6.92 Å². The minimum absolute atomic E-state index is 0.0276. The zero-order valence-electron chi connectivity index (χ0n) is 16.4. The van der Waals surface area contributed by atoms with Gasteiger partial charge in [-0.3, -0.25) is 19.1 Å². The van der Waals surface area contributed by atoms with Crippen LogP contribution in [0.1, 0.15) is 24.3 Å². The molecule has 4 rings (SSSR count). The van der Waals surface area contributed by atoms with E-state index >= 15 is 0 Å². The highest BCUT2D eigenvalue weighted by Crippen LogP contribution is 2.21. The molecule has 0 aliphatic carbocycles. The van der Waals surface area contributed by atoms with Gasteiger partial charge in [0.05, 0.1) is 0 Å². The largest absolute Gasteiger partial charge is 0.441 e. The fourth-order valence-electron chi connectivity index (χ4n) is 3.68. The first kappa shape index (κ1) is 19.0. The summed E-state index contributed by atoms with van der Waals surface area (Å²) < 4.78 is 6.56. The van der Waals surface area contributed by atoms with Crippen LogP contribution in [-0.2, 0) is 18.3 Å².